The molecule has 2 aromatic carbocycles. The zero-order chi connectivity index (χ0) is 19.6. The summed E-state index contributed by atoms with van der Waals surface area (Å²) >= 11 is 1.08. The molecule has 0 amide bonds. The van der Waals surface area contributed by atoms with Crippen molar-refractivity contribution in [3.63, 3.8) is 0 Å². The summed E-state index contributed by atoms with van der Waals surface area (Å²) in [4.78, 5) is 35.7. The largest absolute Gasteiger partial charge is 0.480 e. The van der Waals surface area contributed by atoms with E-state index in [4.69, 9.17) is 0 Å². The Morgan fingerprint density at radius 2 is 1.59 bits per heavy atom. The van der Waals surface area contributed by atoms with E-state index >= 15 is 0 Å². The van der Waals surface area contributed by atoms with Gasteiger partial charge in [0.25, 0.3) is 0 Å². The Morgan fingerprint density at radius 1 is 1.00 bits per heavy atom. The highest BCUT2D eigenvalue weighted by Crippen LogP contribution is 2.16. The standard InChI is InChI=1S/C21H23NO4S/c1-15(23)27-14-18(20(24)17-10-6-3-7-11-17)13-22-19(21(25)26)12-16-8-4-2-5-9-16/h2-11,18-19,22H,12-14H2,1H3,(H,25,26)/t18?,19-/m0/s1. The van der Waals surface area contributed by atoms with Crippen molar-refractivity contribution >= 4 is 28.6 Å². The summed E-state index contributed by atoms with van der Waals surface area (Å²) in [5.41, 5.74) is 1.46. The van der Waals surface area contributed by atoms with Crippen molar-refractivity contribution < 1.29 is 19.5 Å². The van der Waals surface area contributed by atoms with Gasteiger partial charge in [0.15, 0.2) is 10.9 Å². The minimum Gasteiger partial charge on any atom is -0.480 e. The third-order valence-corrected chi connectivity index (χ3v) is 5.08. The van der Waals surface area contributed by atoms with Crippen molar-refractivity contribution in [2.75, 3.05) is 12.3 Å². The summed E-state index contributed by atoms with van der Waals surface area (Å²) in [6.07, 6.45) is 0.322. The maximum Gasteiger partial charge on any atom is 0.321 e. The lowest BCUT2D eigenvalue weighted by Crippen LogP contribution is -2.43. The van der Waals surface area contributed by atoms with Crippen LogP contribution in [0.3, 0.4) is 0 Å². The number of Topliss-reactive ketones (excluding diaryl/α,β-unsaturated/α-hetero) is 1. The van der Waals surface area contributed by atoms with Crippen molar-refractivity contribution in [3.05, 3.63) is 71.8 Å². The summed E-state index contributed by atoms with van der Waals surface area (Å²) in [5, 5.41) is 12.4. The minimum absolute atomic E-state index is 0.0695. The van der Waals surface area contributed by atoms with E-state index in [0.29, 0.717) is 17.7 Å². The number of hydrogen-bond donors (Lipinski definition) is 2. The summed E-state index contributed by atoms with van der Waals surface area (Å²) in [6.45, 7) is 1.65. The van der Waals surface area contributed by atoms with Crippen LogP contribution in [0, 0.1) is 5.92 Å². The Hall–Kier alpha value is -2.44. The van der Waals surface area contributed by atoms with E-state index in [-0.39, 0.29) is 17.4 Å². The molecule has 0 bridgehead atoms. The molecular weight excluding hydrogens is 362 g/mol. The van der Waals surface area contributed by atoms with Gasteiger partial charge in [-0.2, -0.15) is 0 Å². The second kappa shape index (κ2) is 10.6. The average Bonchev–Trinajstić information content (AvgIpc) is 2.67. The van der Waals surface area contributed by atoms with Gasteiger partial charge in [-0.25, -0.2) is 0 Å². The molecule has 5 nitrogen and oxygen atoms in total. The van der Waals surface area contributed by atoms with Gasteiger partial charge in [-0.1, -0.05) is 72.4 Å². The predicted octanol–water partition coefficient (Wildman–Crippen LogP) is 3.05. The first-order valence-electron chi connectivity index (χ1n) is 8.70. The minimum atomic E-state index is -0.969. The molecule has 2 atom stereocenters. The molecule has 0 saturated heterocycles. The normalized spacial score (nSPS) is 12.9. The summed E-state index contributed by atoms with van der Waals surface area (Å²) < 4.78 is 0. The third-order valence-electron chi connectivity index (χ3n) is 4.11. The van der Waals surface area contributed by atoms with Crippen molar-refractivity contribution in [1.29, 1.82) is 0 Å². The van der Waals surface area contributed by atoms with E-state index < -0.39 is 17.9 Å². The van der Waals surface area contributed by atoms with Crippen LogP contribution in [-0.4, -0.2) is 40.3 Å². The van der Waals surface area contributed by atoms with Gasteiger partial charge in [0.2, 0.25) is 0 Å². The highest BCUT2D eigenvalue weighted by atomic mass is 32.2. The zero-order valence-electron chi connectivity index (χ0n) is 15.1. The van der Waals surface area contributed by atoms with Gasteiger partial charge in [0.1, 0.15) is 6.04 Å². The van der Waals surface area contributed by atoms with Gasteiger partial charge in [0.05, 0.1) is 0 Å². The van der Waals surface area contributed by atoms with Crippen LogP contribution in [0.5, 0.6) is 0 Å². The summed E-state index contributed by atoms with van der Waals surface area (Å²) in [5.74, 6) is -1.24. The van der Waals surface area contributed by atoms with E-state index in [0.717, 1.165) is 17.3 Å². The Balaban J connectivity index is 2.07. The molecule has 2 rings (SSSR count). The topological polar surface area (TPSA) is 83.5 Å². The van der Waals surface area contributed by atoms with Crippen LogP contribution < -0.4 is 5.32 Å². The average molecular weight is 385 g/mol. The van der Waals surface area contributed by atoms with E-state index in [2.05, 4.69) is 5.32 Å². The predicted molar refractivity (Wildman–Crippen MR) is 107 cm³/mol. The smallest absolute Gasteiger partial charge is 0.321 e. The van der Waals surface area contributed by atoms with Crippen LogP contribution in [0.15, 0.2) is 60.7 Å². The molecule has 2 N–H and O–H groups in total. The van der Waals surface area contributed by atoms with Gasteiger partial charge in [-0.3, -0.25) is 14.4 Å². The van der Waals surface area contributed by atoms with E-state index in [1.165, 1.54) is 6.92 Å². The monoisotopic (exact) mass is 385 g/mol. The first-order valence-corrected chi connectivity index (χ1v) is 9.68. The fourth-order valence-electron chi connectivity index (χ4n) is 2.66. The number of aliphatic carboxylic acids is 1. The number of carbonyl (C=O) groups excluding carboxylic acids is 2. The number of thioether (sulfide) groups is 1. The molecule has 1 unspecified atom stereocenters. The van der Waals surface area contributed by atoms with Crippen LogP contribution in [0.4, 0.5) is 0 Å². The van der Waals surface area contributed by atoms with Crippen LogP contribution in [0.2, 0.25) is 0 Å². The summed E-state index contributed by atoms with van der Waals surface area (Å²) in [6, 6.07) is 17.4. The van der Waals surface area contributed by atoms with Gasteiger partial charge in [0, 0.05) is 30.7 Å². The highest BCUT2D eigenvalue weighted by molar-refractivity contribution is 8.13. The number of rotatable bonds is 10. The van der Waals surface area contributed by atoms with Crippen LogP contribution >= 0.6 is 11.8 Å². The number of carboxylic acids is 1. The fraction of sp³-hybridized carbons (Fsp3) is 0.286. The number of carboxylic acid groups (broad SMARTS) is 1. The van der Waals surface area contributed by atoms with Crippen molar-refractivity contribution in [1.82, 2.24) is 5.32 Å². The molecule has 6 heteroatoms. The maximum atomic E-state index is 12.8. The number of ketones is 1. The molecule has 0 aliphatic rings. The van der Waals surface area contributed by atoms with E-state index in [1.807, 2.05) is 36.4 Å². The highest BCUT2D eigenvalue weighted by Gasteiger charge is 2.24. The van der Waals surface area contributed by atoms with Crippen molar-refractivity contribution in [2.24, 2.45) is 5.92 Å². The SMILES string of the molecule is CC(=O)SCC(CN[C@@H](Cc1ccccc1)C(=O)O)C(=O)c1ccccc1. The molecule has 0 aromatic heterocycles. The first-order chi connectivity index (χ1) is 13.0. The van der Waals surface area contributed by atoms with Gasteiger partial charge in [-0.15, -0.1) is 0 Å². The van der Waals surface area contributed by atoms with Crippen LogP contribution in [-0.2, 0) is 16.0 Å². The molecule has 2 aromatic rings. The van der Waals surface area contributed by atoms with Crippen molar-refractivity contribution in [3.8, 4) is 0 Å². The number of hydrogen-bond acceptors (Lipinski definition) is 5. The summed E-state index contributed by atoms with van der Waals surface area (Å²) in [7, 11) is 0. The maximum absolute atomic E-state index is 12.8. The Bertz CT molecular complexity index is 764. The Morgan fingerprint density at radius 3 is 2.15 bits per heavy atom. The Labute approximate surface area is 163 Å². The van der Waals surface area contributed by atoms with Crippen LogP contribution in [0.25, 0.3) is 0 Å². The molecule has 27 heavy (non-hydrogen) atoms. The second-order valence-corrected chi connectivity index (χ2v) is 7.42. The van der Waals surface area contributed by atoms with Gasteiger partial charge in [-0.05, 0) is 12.0 Å². The molecule has 0 aliphatic heterocycles. The molecule has 0 heterocycles. The quantitative estimate of drug-likeness (QED) is 0.612. The van der Waals surface area contributed by atoms with E-state index in [9.17, 15) is 19.5 Å². The molecule has 0 saturated carbocycles. The molecule has 142 valence electrons. The first kappa shape index (κ1) is 20.9. The molecule has 0 fully saturated rings. The number of nitrogens with one attached hydrogen (secondary N) is 1. The lowest BCUT2D eigenvalue weighted by atomic mass is 9.98. The van der Waals surface area contributed by atoms with Gasteiger partial charge < -0.3 is 10.4 Å². The molecule has 0 spiro atoms. The van der Waals surface area contributed by atoms with E-state index in [1.54, 1.807) is 24.3 Å². The molecular formula is C21H23NO4S. The molecule has 0 aliphatic carbocycles. The lowest BCUT2D eigenvalue weighted by molar-refractivity contribution is -0.139. The van der Waals surface area contributed by atoms with Crippen LogP contribution in [0.1, 0.15) is 22.8 Å². The Kier molecular flexibility index (Phi) is 8.23. The van der Waals surface area contributed by atoms with Crippen molar-refractivity contribution in [2.45, 2.75) is 19.4 Å². The number of carbonyl (C=O) groups is 3. The second-order valence-electron chi connectivity index (χ2n) is 6.22. The number of benzene rings is 2. The molecule has 0 radical (unpaired) electrons. The lowest BCUT2D eigenvalue weighted by Gasteiger charge is -2.20. The van der Waals surface area contributed by atoms with Gasteiger partial charge >= 0.3 is 5.97 Å². The fourth-order valence-corrected chi connectivity index (χ4v) is 3.37. The zero-order valence-corrected chi connectivity index (χ0v) is 15.9. The third kappa shape index (κ3) is 7.00.